The van der Waals surface area contributed by atoms with Gasteiger partial charge in [0.2, 0.25) is 11.9 Å². The molecule has 0 aliphatic carbocycles. The first-order valence-corrected chi connectivity index (χ1v) is 9.69. The van der Waals surface area contributed by atoms with Gasteiger partial charge in [-0.1, -0.05) is 29.8 Å². The highest BCUT2D eigenvalue weighted by molar-refractivity contribution is 6.30. The molecule has 0 unspecified atom stereocenters. The molecule has 0 aliphatic heterocycles. The lowest BCUT2D eigenvalue weighted by molar-refractivity contribution is -0.148. The minimum Gasteiger partial charge on any atom is -0.481 e. The number of anilines is 3. The Bertz CT molecular complexity index is 1110. The molecule has 10 heteroatoms. The smallest absolute Gasteiger partial charge is 0.306 e. The van der Waals surface area contributed by atoms with Gasteiger partial charge in [0.1, 0.15) is 6.61 Å². The summed E-state index contributed by atoms with van der Waals surface area (Å²) in [6.45, 7) is 1.97. The van der Waals surface area contributed by atoms with E-state index < -0.39 is 11.9 Å². The maximum Gasteiger partial charge on any atom is 0.306 e. The van der Waals surface area contributed by atoms with E-state index in [1.807, 2.05) is 13.0 Å². The van der Waals surface area contributed by atoms with Crippen LogP contribution in [0.2, 0.25) is 5.02 Å². The Hall–Kier alpha value is -3.72. The fraction of sp³-hybridized carbons (Fsp3) is 0.190. The zero-order valence-corrected chi connectivity index (χ0v) is 17.4. The summed E-state index contributed by atoms with van der Waals surface area (Å²) < 4.78 is 5.05. The number of nitrogens with one attached hydrogen (secondary N) is 1. The molecule has 0 atom stereocenters. The molecule has 1 heterocycles. The third-order valence-electron chi connectivity index (χ3n) is 4.25. The molecule has 0 spiro atoms. The van der Waals surface area contributed by atoms with Crippen LogP contribution in [-0.4, -0.2) is 32.0 Å². The second-order valence-corrected chi connectivity index (χ2v) is 7.11. The van der Waals surface area contributed by atoms with Gasteiger partial charge >= 0.3 is 11.9 Å². The van der Waals surface area contributed by atoms with E-state index >= 15 is 0 Å². The molecule has 0 radical (unpaired) electrons. The lowest BCUT2D eigenvalue weighted by Crippen LogP contribution is -2.07. The van der Waals surface area contributed by atoms with E-state index in [1.165, 1.54) is 0 Å². The van der Waals surface area contributed by atoms with E-state index in [9.17, 15) is 9.59 Å². The summed E-state index contributed by atoms with van der Waals surface area (Å²) >= 11 is 6.09. The van der Waals surface area contributed by atoms with Crippen LogP contribution in [0.4, 0.5) is 17.6 Å². The van der Waals surface area contributed by atoms with Crippen LogP contribution < -0.4 is 11.1 Å². The monoisotopic (exact) mass is 441 g/mol. The maximum atomic E-state index is 11.5. The van der Waals surface area contributed by atoms with Crippen molar-refractivity contribution in [3.8, 4) is 11.4 Å². The van der Waals surface area contributed by atoms with Crippen molar-refractivity contribution in [2.75, 3.05) is 11.1 Å². The van der Waals surface area contributed by atoms with Crippen LogP contribution in [0.1, 0.15) is 24.0 Å². The summed E-state index contributed by atoms with van der Waals surface area (Å²) in [6.07, 6.45) is -0.419. The van der Waals surface area contributed by atoms with Gasteiger partial charge in [0, 0.05) is 16.3 Å². The van der Waals surface area contributed by atoms with Crippen LogP contribution in [0.25, 0.3) is 11.4 Å². The topological polar surface area (TPSA) is 140 Å². The van der Waals surface area contributed by atoms with E-state index in [1.54, 1.807) is 36.4 Å². The van der Waals surface area contributed by atoms with Crippen molar-refractivity contribution in [3.05, 3.63) is 58.6 Å². The zero-order chi connectivity index (χ0) is 22.4. The molecule has 3 aromatic rings. The molecular formula is C21H20ClN5O4. The second-order valence-electron chi connectivity index (χ2n) is 6.68. The number of benzene rings is 2. The summed E-state index contributed by atoms with van der Waals surface area (Å²) in [4.78, 5) is 34.7. The van der Waals surface area contributed by atoms with E-state index in [4.69, 9.17) is 27.2 Å². The Morgan fingerprint density at radius 3 is 2.55 bits per heavy atom. The minimum absolute atomic E-state index is 0.0512. The van der Waals surface area contributed by atoms with Gasteiger partial charge in [-0.3, -0.25) is 9.59 Å². The van der Waals surface area contributed by atoms with Gasteiger partial charge in [-0.25, -0.2) is 0 Å². The van der Waals surface area contributed by atoms with Crippen LogP contribution in [0.15, 0.2) is 42.5 Å². The minimum atomic E-state index is -1.04. The van der Waals surface area contributed by atoms with Crippen molar-refractivity contribution in [1.82, 2.24) is 15.0 Å². The largest absolute Gasteiger partial charge is 0.481 e. The first-order valence-electron chi connectivity index (χ1n) is 9.31. The summed E-state index contributed by atoms with van der Waals surface area (Å²) in [5.74, 6) is -0.861. The molecule has 0 saturated carbocycles. The van der Waals surface area contributed by atoms with Gasteiger partial charge in [0.05, 0.1) is 12.8 Å². The third-order valence-corrected chi connectivity index (χ3v) is 4.48. The standard InChI is InChI=1S/C21H20ClN5O4/c1-12-2-5-14(22)10-16(12)19-25-20(23)27-21(26-19)24-15-6-3-13(4-7-15)11-31-18(30)9-8-17(28)29/h2-7,10H,8-9,11H2,1H3,(H,28,29)(H3,23,24,25,26,27). The predicted octanol–water partition coefficient (Wildman–Crippen LogP) is 3.73. The number of hydrogen-bond acceptors (Lipinski definition) is 8. The van der Waals surface area contributed by atoms with Gasteiger partial charge in [-0.05, 0) is 42.3 Å². The Kier molecular flexibility index (Phi) is 6.99. The predicted molar refractivity (Wildman–Crippen MR) is 116 cm³/mol. The summed E-state index contributed by atoms with van der Waals surface area (Å²) in [5, 5.41) is 12.2. The summed E-state index contributed by atoms with van der Waals surface area (Å²) in [6, 6.07) is 12.5. The Labute approximate surface area is 183 Å². The average molecular weight is 442 g/mol. The van der Waals surface area contributed by atoms with Crippen molar-refractivity contribution in [1.29, 1.82) is 0 Å². The molecule has 0 aliphatic rings. The fourth-order valence-electron chi connectivity index (χ4n) is 2.66. The maximum absolute atomic E-state index is 11.5. The Morgan fingerprint density at radius 1 is 1.10 bits per heavy atom. The second kappa shape index (κ2) is 9.86. The highest BCUT2D eigenvalue weighted by Crippen LogP contribution is 2.25. The number of ether oxygens (including phenoxy) is 1. The van der Waals surface area contributed by atoms with Crippen molar-refractivity contribution in [3.63, 3.8) is 0 Å². The van der Waals surface area contributed by atoms with Crippen LogP contribution in [-0.2, 0) is 20.9 Å². The number of halogens is 1. The van der Waals surface area contributed by atoms with Crippen molar-refractivity contribution in [2.24, 2.45) is 0 Å². The lowest BCUT2D eigenvalue weighted by atomic mass is 10.1. The van der Waals surface area contributed by atoms with Crippen LogP contribution in [0, 0.1) is 6.92 Å². The van der Waals surface area contributed by atoms with Gasteiger partial charge in [-0.2, -0.15) is 15.0 Å². The number of nitrogens with two attached hydrogens (primary N) is 1. The molecule has 0 saturated heterocycles. The molecule has 0 amide bonds. The number of esters is 1. The number of carboxylic acid groups (broad SMARTS) is 1. The molecule has 3 rings (SSSR count). The number of aliphatic carboxylic acids is 1. The first kappa shape index (κ1) is 22.0. The number of rotatable bonds is 8. The quantitative estimate of drug-likeness (QED) is 0.445. The number of carboxylic acids is 1. The normalized spacial score (nSPS) is 10.5. The number of aryl methyl sites for hydroxylation is 1. The van der Waals surface area contributed by atoms with Crippen molar-refractivity contribution >= 4 is 41.1 Å². The molecule has 31 heavy (non-hydrogen) atoms. The average Bonchev–Trinajstić information content (AvgIpc) is 2.73. The number of carbonyl (C=O) groups is 2. The van der Waals surface area contributed by atoms with E-state index in [0.717, 1.165) is 16.7 Å². The Morgan fingerprint density at radius 2 is 1.84 bits per heavy atom. The molecule has 1 aromatic heterocycles. The van der Waals surface area contributed by atoms with Crippen LogP contribution in [0.5, 0.6) is 0 Å². The lowest BCUT2D eigenvalue weighted by Gasteiger charge is -2.10. The van der Waals surface area contributed by atoms with Gasteiger partial charge in [0.25, 0.3) is 0 Å². The molecular weight excluding hydrogens is 422 g/mol. The van der Waals surface area contributed by atoms with E-state index in [-0.39, 0.29) is 31.3 Å². The molecule has 0 fully saturated rings. The molecule has 2 aromatic carbocycles. The third kappa shape index (κ3) is 6.38. The molecule has 9 nitrogen and oxygen atoms in total. The highest BCUT2D eigenvalue weighted by Gasteiger charge is 2.11. The van der Waals surface area contributed by atoms with Crippen molar-refractivity contribution in [2.45, 2.75) is 26.4 Å². The highest BCUT2D eigenvalue weighted by atomic mass is 35.5. The van der Waals surface area contributed by atoms with Gasteiger partial charge in [-0.15, -0.1) is 0 Å². The number of aromatic nitrogens is 3. The van der Waals surface area contributed by atoms with Crippen LogP contribution in [0.3, 0.4) is 0 Å². The van der Waals surface area contributed by atoms with Crippen molar-refractivity contribution < 1.29 is 19.4 Å². The summed E-state index contributed by atoms with van der Waals surface area (Å²) in [7, 11) is 0. The van der Waals surface area contributed by atoms with Gasteiger partial charge < -0.3 is 20.9 Å². The number of carbonyl (C=O) groups excluding carboxylic acids is 1. The number of nitrogen functional groups attached to an aromatic ring is 1. The fourth-order valence-corrected chi connectivity index (χ4v) is 2.83. The van der Waals surface area contributed by atoms with E-state index in [2.05, 4.69) is 20.3 Å². The number of nitrogens with zero attached hydrogens (tertiary/aromatic N) is 3. The van der Waals surface area contributed by atoms with Gasteiger partial charge in [0.15, 0.2) is 5.82 Å². The zero-order valence-electron chi connectivity index (χ0n) is 16.6. The molecule has 0 bridgehead atoms. The SMILES string of the molecule is Cc1ccc(Cl)cc1-c1nc(N)nc(Nc2ccc(COC(=O)CCC(=O)O)cc2)n1. The Balaban J connectivity index is 1.67. The first-order chi connectivity index (χ1) is 14.8. The van der Waals surface area contributed by atoms with Crippen LogP contribution >= 0.6 is 11.6 Å². The number of hydrogen-bond donors (Lipinski definition) is 3. The summed E-state index contributed by atoms with van der Waals surface area (Å²) in [5.41, 5.74) is 9.00. The van der Waals surface area contributed by atoms with E-state index in [0.29, 0.717) is 16.5 Å². The molecule has 160 valence electrons. The molecule has 4 N–H and O–H groups in total.